The Morgan fingerprint density at radius 1 is 1.52 bits per heavy atom. The van der Waals surface area contributed by atoms with Gasteiger partial charge in [-0.1, -0.05) is 5.92 Å². The zero-order valence-corrected chi connectivity index (χ0v) is 14.2. The van der Waals surface area contributed by atoms with Crippen LogP contribution in [0.2, 0.25) is 0 Å². The molecule has 3 N–H and O–H groups in total. The zero-order chi connectivity index (χ0) is 16.8. The highest BCUT2D eigenvalue weighted by molar-refractivity contribution is 9.10. The Balaban J connectivity index is 2.17. The lowest BCUT2D eigenvalue weighted by Crippen LogP contribution is -2.13. The van der Waals surface area contributed by atoms with Gasteiger partial charge < -0.3 is 15.3 Å². The normalized spacial score (nSPS) is 10.5. The Labute approximate surface area is 141 Å². The van der Waals surface area contributed by atoms with E-state index in [0.717, 1.165) is 5.56 Å². The number of nitrogens with zero attached hydrogens (tertiary/aromatic N) is 4. The number of ether oxygens (including phenoxy) is 2. The van der Waals surface area contributed by atoms with Gasteiger partial charge in [0, 0.05) is 0 Å². The molecule has 0 unspecified atom stereocenters. The van der Waals surface area contributed by atoms with E-state index in [4.69, 9.17) is 21.7 Å². The van der Waals surface area contributed by atoms with E-state index < -0.39 is 0 Å². The molecule has 2 rings (SSSR count). The fraction of sp³-hybridized carbons (Fsp3) is 0.214. The first-order valence-corrected chi connectivity index (χ1v) is 7.26. The highest BCUT2D eigenvalue weighted by Crippen LogP contribution is 2.36. The maximum atomic E-state index is 5.71. The lowest BCUT2D eigenvalue weighted by atomic mass is 10.2. The largest absolute Gasteiger partial charge is 0.493 e. The van der Waals surface area contributed by atoms with Crippen molar-refractivity contribution in [2.75, 3.05) is 25.0 Å². The molecule has 2 aromatic rings. The molecule has 0 radical (unpaired) electrons. The van der Waals surface area contributed by atoms with Crippen molar-refractivity contribution in [3.05, 3.63) is 28.0 Å². The highest BCUT2D eigenvalue weighted by atomic mass is 79.9. The van der Waals surface area contributed by atoms with E-state index in [1.165, 1.54) is 4.68 Å². The number of hydrogen-bond donors (Lipinski definition) is 2. The van der Waals surface area contributed by atoms with Gasteiger partial charge in [0.25, 0.3) is 5.95 Å². The van der Waals surface area contributed by atoms with Crippen LogP contribution in [-0.4, -0.2) is 34.8 Å². The molecule has 1 heterocycles. The molecule has 23 heavy (non-hydrogen) atoms. The third-order valence-corrected chi connectivity index (χ3v) is 3.39. The fourth-order valence-corrected chi connectivity index (χ4v) is 2.25. The summed E-state index contributed by atoms with van der Waals surface area (Å²) in [5.41, 5.74) is 3.48. The fourth-order valence-electron chi connectivity index (χ4n) is 1.68. The second-order valence-electron chi connectivity index (χ2n) is 4.34. The number of nitrogens with two attached hydrogens (primary N) is 1. The number of hydrogen-bond acceptors (Lipinski definition) is 7. The number of nitrogens with one attached hydrogen (secondary N) is 1. The maximum absolute atomic E-state index is 5.71. The Kier molecular flexibility index (Phi) is 5.43. The van der Waals surface area contributed by atoms with Gasteiger partial charge in [0.15, 0.2) is 17.3 Å². The summed E-state index contributed by atoms with van der Waals surface area (Å²) in [6, 6.07) is 3.58. The van der Waals surface area contributed by atoms with Crippen molar-refractivity contribution in [3.63, 3.8) is 0 Å². The Morgan fingerprint density at radius 2 is 2.30 bits per heavy atom. The molecule has 0 aliphatic carbocycles. The van der Waals surface area contributed by atoms with Crippen LogP contribution in [0.3, 0.4) is 0 Å². The number of terminal acetylenes is 1. The van der Waals surface area contributed by atoms with E-state index in [1.807, 2.05) is 6.07 Å². The molecule has 120 valence electrons. The SMILES string of the molecule is C#CCOc1c(Br)cc(/C=N\Nc2nnc(C)n2N)cc1OC. The van der Waals surface area contributed by atoms with Crippen LogP contribution in [0.25, 0.3) is 0 Å². The monoisotopic (exact) mass is 378 g/mol. The lowest BCUT2D eigenvalue weighted by Gasteiger charge is -2.11. The lowest BCUT2D eigenvalue weighted by molar-refractivity contribution is 0.329. The second kappa shape index (κ2) is 7.51. The molecule has 1 aromatic carbocycles. The standard InChI is InChI=1S/C14H15BrN6O2/c1-4-5-23-13-11(15)6-10(7-12(13)22-3)8-17-19-14-20-18-9(2)21(14)16/h1,6-8H,5,16H2,2-3H3,(H,19,20)/b17-8-. The smallest absolute Gasteiger partial charge is 0.263 e. The number of nitrogen functional groups attached to an aromatic ring is 1. The summed E-state index contributed by atoms with van der Waals surface area (Å²) in [7, 11) is 1.54. The molecule has 0 spiro atoms. The average Bonchev–Trinajstić information content (AvgIpc) is 2.85. The summed E-state index contributed by atoms with van der Waals surface area (Å²) in [5.74, 6) is 10.1. The van der Waals surface area contributed by atoms with E-state index >= 15 is 0 Å². The molecule has 0 fully saturated rings. The van der Waals surface area contributed by atoms with Gasteiger partial charge in [0.05, 0.1) is 17.8 Å². The van der Waals surface area contributed by atoms with Crippen LogP contribution in [0.4, 0.5) is 5.95 Å². The van der Waals surface area contributed by atoms with Crippen molar-refractivity contribution >= 4 is 28.1 Å². The van der Waals surface area contributed by atoms with Crippen LogP contribution in [0.15, 0.2) is 21.7 Å². The molecular formula is C14H15BrN6O2. The first-order chi connectivity index (χ1) is 11.1. The Hall–Kier alpha value is -2.73. The van der Waals surface area contributed by atoms with Crippen LogP contribution in [0.5, 0.6) is 11.5 Å². The first kappa shape index (κ1) is 16.6. The van der Waals surface area contributed by atoms with E-state index in [2.05, 4.69) is 42.6 Å². The van der Waals surface area contributed by atoms with Gasteiger partial charge in [-0.3, -0.25) is 0 Å². The minimum atomic E-state index is 0.148. The van der Waals surface area contributed by atoms with E-state index in [-0.39, 0.29) is 6.61 Å². The molecule has 8 nitrogen and oxygen atoms in total. The summed E-state index contributed by atoms with van der Waals surface area (Å²) < 4.78 is 12.7. The summed E-state index contributed by atoms with van der Waals surface area (Å²) in [5, 5.41) is 11.7. The third kappa shape index (κ3) is 3.92. The predicted molar refractivity (Wildman–Crippen MR) is 91.1 cm³/mol. The molecule has 0 amide bonds. The minimum absolute atomic E-state index is 0.148. The number of halogens is 1. The molecule has 1 aromatic heterocycles. The van der Waals surface area contributed by atoms with Gasteiger partial charge in [-0.15, -0.1) is 16.6 Å². The summed E-state index contributed by atoms with van der Waals surface area (Å²) >= 11 is 3.42. The quantitative estimate of drug-likeness (QED) is 0.342. The van der Waals surface area contributed by atoms with Crippen LogP contribution in [-0.2, 0) is 0 Å². The Morgan fingerprint density at radius 3 is 2.91 bits per heavy atom. The van der Waals surface area contributed by atoms with Crippen molar-refractivity contribution in [2.24, 2.45) is 5.10 Å². The van der Waals surface area contributed by atoms with Crippen molar-refractivity contribution in [3.8, 4) is 23.8 Å². The maximum Gasteiger partial charge on any atom is 0.263 e. The number of anilines is 1. The van der Waals surface area contributed by atoms with Gasteiger partial charge in [0.1, 0.15) is 6.61 Å². The summed E-state index contributed by atoms with van der Waals surface area (Å²) in [6.07, 6.45) is 6.78. The van der Waals surface area contributed by atoms with Crippen molar-refractivity contribution in [1.82, 2.24) is 14.9 Å². The number of aromatic nitrogens is 3. The number of methoxy groups -OCH3 is 1. The molecular weight excluding hydrogens is 364 g/mol. The van der Waals surface area contributed by atoms with Crippen molar-refractivity contribution in [1.29, 1.82) is 0 Å². The van der Waals surface area contributed by atoms with Gasteiger partial charge in [-0.25, -0.2) is 10.1 Å². The second-order valence-corrected chi connectivity index (χ2v) is 5.19. The average molecular weight is 379 g/mol. The first-order valence-electron chi connectivity index (χ1n) is 6.46. The van der Waals surface area contributed by atoms with Gasteiger partial charge in [-0.2, -0.15) is 5.10 Å². The van der Waals surface area contributed by atoms with Crippen molar-refractivity contribution in [2.45, 2.75) is 6.92 Å². The van der Waals surface area contributed by atoms with E-state index in [1.54, 1.807) is 26.3 Å². The van der Waals surface area contributed by atoms with Crippen LogP contribution in [0.1, 0.15) is 11.4 Å². The number of aryl methyl sites for hydroxylation is 1. The van der Waals surface area contributed by atoms with Gasteiger partial charge in [-0.05, 0) is 40.5 Å². The molecule has 0 aliphatic rings. The molecule has 0 bridgehead atoms. The van der Waals surface area contributed by atoms with Crippen LogP contribution in [0, 0.1) is 19.3 Å². The molecule has 9 heteroatoms. The third-order valence-electron chi connectivity index (χ3n) is 2.80. The minimum Gasteiger partial charge on any atom is -0.493 e. The molecule has 0 atom stereocenters. The zero-order valence-electron chi connectivity index (χ0n) is 12.6. The molecule has 0 saturated heterocycles. The summed E-state index contributed by atoms with van der Waals surface area (Å²) in [6.45, 7) is 1.88. The Bertz CT molecular complexity index is 765. The van der Waals surface area contributed by atoms with E-state index in [9.17, 15) is 0 Å². The number of hydrazone groups is 1. The van der Waals surface area contributed by atoms with Crippen LogP contribution < -0.4 is 20.7 Å². The van der Waals surface area contributed by atoms with Gasteiger partial charge >= 0.3 is 0 Å². The van der Waals surface area contributed by atoms with Crippen molar-refractivity contribution < 1.29 is 9.47 Å². The predicted octanol–water partition coefficient (Wildman–Crippen LogP) is 1.53. The number of rotatable bonds is 6. The van der Waals surface area contributed by atoms with Crippen LogP contribution >= 0.6 is 15.9 Å². The number of benzene rings is 1. The highest BCUT2D eigenvalue weighted by Gasteiger charge is 2.11. The summed E-state index contributed by atoms with van der Waals surface area (Å²) in [4.78, 5) is 0. The molecule has 0 aliphatic heterocycles. The molecule has 0 saturated carbocycles. The topological polar surface area (TPSA) is 99.6 Å². The van der Waals surface area contributed by atoms with E-state index in [0.29, 0.717) is 27.7 Å². The van der Waals surface area contributed by atoms with Gasteiger partial charge in [0.2, 0.25) is 0 Å².